The van der Waals surface area contributed by atoms with Gasteiger partial charge < -0.3 is 9.55 Å². The molecule has 0 unspecified atom stereocenters. The van der Waals surface area contributed by atoms with Gasteiger partial charge in [-0.25, -0.2) is 29.9 Å². The molecule has 12 heteroatoms. The molecule has 0 radical (unpaired) electrons. The number of rotatable bonds is 0. The van der Waals surface area contributed by atoms with Crippen molar-refractivity contribution < 1.29 is 0 Å². The molecule has 0 saturated heterocycles. The van der Waals surface area contributed by atoms with Gasteiger partial charge in [0.05, 0.1) is 0 Å². The summed E-state index contributed by atoms with van der Waals surface area (Å²) in [5, 5.41) is 3.88. The third-order valence-electron chi connectivity index (χ3n) is 11.2. The van der Waals surface area contributed by atoms with Crippen molar-refractivity contribution in [3.63, 3.8) is 0 Å². The highest BCUT2D eigenvalue weighted by atomic mass is 79.9. The van der Waals surface area contributed by atoms with Crippen LogP contribution < -0.4 is 0 Å². The number of hydrogen-bond acceptors (Lipinski definition) is 6. The number of hydrogen-bond donors (Lipinski definition) is 1. The van der Waals surface area contributed by atoms with Crippen molar-refractivity contribution in [2.45, 2.75) is 105 Å². The van der Waals surface area contributed by atoms with Gasteiger partial charge in [-0.15, -0.1) is 0 Å². The Labute approximate surface area is 384 Å². The molecule has 8 nitrogen and oxygen atoms in total. The SMILES string of the molecule is CC(C)(C)c1c(C(C)(C)C)c(C(C)(C)C)c2c3nc4nc(nc5c6ccccc6c(nc6nc(nc([nH]3)c2c1Br)-c1c-6cc(Br)c(Br)c1Br)n5C(C)(C)C)-c1ccccc1-4. The van der Waals surface area contributed by atoms with Gasteiger partial charge in [-0.2, -0.15) is 0 Å². The molecule has 4 aromatic carbocycles. The van der Waals surface area contributed by atoms with E-state index < -0.39 is 5.54 Å². The number of H-pyrrole nitrogens is 1. The second-order valence-electron chi connectivity index (χ2n) is 19.9. The minimum absolute atomic E-state index is 0.214. The molecule has 5 heterocycles. The lowest BCUT2D eigenvalue weighted by Gasteiger charge is -2.38. The zero-order valence-electron chi connectivity index (χ0n) is 35.8. The van der Waals surface area contributed by atoms with Gasteiger partial charge >= 0.3 is 0 Å². The van der Waals surface area contributed by atoms with E-state index in [4.69, 9.17) is 29.9 Å². The van der Waals surface area contributed by atoms with Crippen LogP contribution in [0.4, 0.5) is 0 Å². The number of nitrogens with one attached hydrogen (secondary N) is 1. The Bertz CT molecular complexity index is 3190. The Morgan fingerprint density at radius 2 is 0.933 bits per heavy atom. The first-order valence-electron chi connectivity index (χ1n) is 20.1. The van der Waals surface area contributed by atoms with E-state index in [9.17, 15) is 0 Å². The van der Waals surface area contributed by atoms with Crippen LogP contribution in [0.15, 0.2) is 72.5 Å². The predicted molar refractivity (Wildman–Crippen MR) is 262 cm³/mol. The molecular formula is C48H46Br4N8. The summed E-state index contributed by atoms with van der Waals surface area (Å²) >= 11 is 15.8. The first-order valence-corrected chi connectivity index (χ1v) is 23.3. The maximum absolute atomic E-state index is 5.52. The molecule has 0 atom stereocenters. The Morgan fingerprint density at radius 3 is 1.47 bits per heavy atom. The number of halogens is 4. The third kappa shape index (κ3) is 6.44. The summed E-state index contributed by atoms with van der Waals surface area (Å²) in [7, 11) is 0. The van der Waals surface area contributed by atoms with Crippen molar-refractivity contribution in [2.75, 3.05) is 0 Å². The normalized spacial score (nSPS) is 13.3. The number of aromatic amines is 1. The highest BCUT2D eigenvalue weighted by molar-refractivity contribution is 9.14. The van der Waals surface area contributed by atoms with E-state index in [2.05, 4.69) is 187 Å². The first-order chi connectivity index (χ1) is 28.0. The van der Waals surface area contributed by atoms with Crippen LogP contribution in [0.2, 0.25) is 0 Å². The van der Waals surface area contributed by atoms with Crippen LogP contribution in [-0.2, 0) is 21.8 Å². The van der Waals surface area contributed by atoms with Crippen LogP contribution in [0.5, 0.6) is 0 Å². The van der Waals surface area contributed by atoms with E-state index in [1.807, 2.05) is 24.3 Å². The van der Waals surface area contributed by atoms with E-state index in [0.717, 1.165) is 73.0 Å². The monoisotopic (exact) mass is 1050 g/mol. The molecular weight excluding hydrogens is 1010 g/mol. The molecule has 7 aromatic rings. The zero-order chi connectivity index (χ0) is 43.2. The summed E-state index contributed by atoms with van der Waals surface area (Å²) in [6, 6.07) is 18.6. The first kappa shape index (κ1) is 41.5. The van der Waals surface area contributed by atoms with Crippen molar-refractivity contribution in [3.8, 4) is 45.6 Å². The Kier molecular flexibility index (Phi) is 9.57. The van der Waals surface area contributed by atoms with Gasteiger partial charge in [-0.1, -0.05) is 111 Å². The molecule has 9 rings (SSSR count). The minimum Gasteiger partial charge on any atom is -0.324 e. The molecule has 306 valence electrons. The highest BCUT2D eigenvalue weighted by Crippen LogP contribution is 2.52. The summed E-state index contributed by atoms with van der Waals surface area (Å²) in [5.41, 5.74) is 8.94. The van der Waals surface area contributed by atoms with Gasteiger partial charge in [-0.3, -0.25) is 0 Å². The van der Waals surface area contributed by atoms with Crippen LogP contribution in [-0.4, -0.2) is 39.5 Å². The number of benzene rings is 4. The maximum atomic E-state index is 5.52. The van der Waals surface area contributed by atoms with E-state index in [0.29, 0.717) is 34.6 Å². The Morgan fingerprint density at radius 1 is 0.467 bits per heavy atom. The minimum atomic E-state index is -0.431. The smallest absolute Gasteiger partial charge is 0.165 e. The van der Waals surface area contributed by atoms with Crippen LogP contribution in [0.3, 0.4) is 0 Å². The third-order valence-corrected chi connectivity index (χ3v) is 15.3. The predicted octanol–water partition coefficient (Wildman–Crippen LogP) is 15.0. The van der Waals surface area contributed by atoms with Crippen molar-refractivity contribution >= 4 is 108 Å². The van der Waals surface area contributed by atoms with Crippen molar-refractivity contribution in [2.24, 2.45) is 0 Å². The average Bonchev–Trinajstić information content (AvgIpc) is 3.86. The summed E-state index contributed by atoms with van der Waals surface area (Å²) in [5.74, 6) is 2.24. The topological polar surface area (TPSA) is 98.1 Å². The quantitative estimate of drug-likeness (QED) is 0.152. The van der Waals surface area contributed by atoms with Gasteiger partial charge in [0.1, 0.15) is 22.6 Å². The van der Waals surface area contributed by atoms with Crippen LogP contribution in [0.1, 0.15) is 99.8 Å². The molecule has 0 fully saturated rings. The fraction of sp³-hybridized carbons (Fsp3) is 0.333. The Hall–Kier alpha value is -3.84. The van der Waals surface area contributed by atoms with Gasteiger partial charge in [0.15, 0.2) is 23.3 Å². The fourth-order valence-electron chi connectivity index (χ4n) is 8.91. The summed E-state index contributed by atoms with van der Waals surface area (Å²) in [6.45, 7) is 27.2. The van der Waals surface area contributed by atoms with Crippen LogP contribution >= 0.6 is 63.7 Å². The molecule has 2 aliphatic rings. The lowest BCUT2D eigenvalue weighted by atomic mass is 9.67. The number of aromatic nitrogens is 8. The highest BCUT2D eigenvalue weighted by Gasteiger charge is 2.38. The Balaban J connectivity index is 1.63. The number of fused-ring (bicyclic) bond motifs is 20. The second-order valence-corrected chi connectivity index (χ2v) is 23.1. The van der Waals surface area contributed by atoms with E-state index in [1.165, 1.54) is 16.7 Å². The molecule has 3 aromatic heterocycles. The van der Waals surface area contributed by atoms with Crippen molar-refractivity contribution in [3.05, 3.63) is 89.2 Å². The molecule has 0 aliphatic carbocycles. The second kappa shape index (κ2) is 13.8. The fourth-order valence-corrected chi connectivity index (χ4v) is 11.7. The van der Waals surface area contributed by atoms with Crippen molar-refractivity contribution in [1.82, 2.24) is 39.5 Å². The summed E-state index contributed by atoms with van der Waals surface area (Å²) in [4.78, 5) is 36.4. The molecule has 60 heavy (non-hydrogen) atoms. The molecule has 8 bridgehead atoms. The summed E-state index contributed by atoms with van der Waals surface area (Å²) < 4.78 is 5.75. The van der Waals surface area contributed by atoms with E-state index in [1.54, 1.807) is 0 Å². The largest absolute Gasteiger partial charge is 0.324 e. The molecule has 0 spiro atoms. The lowest BCUT2D eigenvalue weighted by Crippen LogP contribution is -2.29. The summed E-state index contributed by atoms with van der Waals surface area (Å²) in [6.07, 6.45) is 0. The van der Waals surface area contributed by atoms with Crippen molar-refractivity contribution in [1.29, 1.82) is 0 Å². The van der Waals surface area contributed by atoms with Crippen LogP contribution in [0.25, 0.3) is 89.7 Å². The maximum Gasteiger partial charge on any atom is 0.165 e. The van der Waals surface area contributed by atoms with Gasteiger partial charge in [0, 0.05) is 67.2 Å². The van der Waals surface area contributed by atoms with Gasteiger partial charge in [-0.05, 0) is 123 Å². The van der Waals surface area contributed by atoms with Crippen LogP contribution in [0, 0.1) is 0 Å². The number of nitrogens with zero attached hydrogens (tertiary/aromatic N) is 7. The van der Waals surface area contributed by atoms with Gasteiger partial charge in [0.2, 0.25) is 0 Å². The molecule has 0 amide bonds. The van der Waals surface area contributed by atoms with E-state index >= 15 is 0 Å². The average molecular weight is 1050 g/mol. The molecule has 1 N–H and O–H groups in total. The standard InChI is InChI=1S/C48H46Br4N8/c1-45(2,3)31-29-30(35(51)33(47(7,8)9)32(31)46(4,5)6)42-56-40-28-26(21-27(49)34(50)36(28)52)39(55-40)59-44-25-20-16-15-19-24(25)43(60(44)48(10,11)12)58-38-23-18-14-13-17-22(23)37(53-38)54-41(29)57-42/h13-21H,1-12H3,(H,53,54,55,56,57,58,59). The molecule has 0 saturated carbocycles. The zero-order valence-corrected chi connectivity index (χ0v) is 42.2. The lowest BCUT2D eigenvalue weighted by molar-refractivity contribution is 0.419. The van der Waals surface area contributed by atoms with Gasteiger partial charge in [0.25, 0.3) is 0 Å². The molecule has 2 aliphatic heterocycles. The van der Waals surface area contributed by atoms with E-state index in [-0.39, 0.29) is 16.2 Å².